The first kappa shape index (κ1) is 12.9. The maximum Gasteiger partial charge on any atom is 0.123 e. The largest absolute Gasteiger partial charge is 0.378 e. The van der Waals surface area contributed by atoms with E-state index in [-0.39, 0.29) is 11.9 Å². The zero-order valence-corrected chi connectivity index (χ0v) is 12.4. The molecule has 4 heteroatoms. The highest BCUT2D eigenvalue weighted by atomic mass is 79.9. The number of hydrogen-bond donors (Lipinski definition) is 1. The Balaban J connectivity index is 1.92. The van der Waals surface area contributed by atoms with Gasteiger partial charge in [0.1, 0.15) is 5.82 Å². The fourth-order valence-corrected chi connectivity index (χ4v) is 2.99. The van der Waals surface area contributed by atoms with Crippen molar-refractivity contribution in [2.24, 2.45) is 0 Å². The average molecular weight is 341 g/mol. The van der Waals surface area contributed by atoms with Gasteiger partial charge in [-0.25, -0.2) is 4.39 Å². The first-order valence-corrected chi connectivity index (χ1v) is 7.30. The average Bonchev–Trinajstić information content (AvgIpc) is 2.39. The molecule has 0 spiro atoms. The zero-order chi connectivity index (χ0) is 13.4. The van der Waals surface area contributed by atoms with Crippen molar-refractivity contribution in [1.82, 2.24) is 0 Å². The van der Waals surface area contributed by atoms with Crippen LogP contribution in [0.1, 0.15) is 23.6 Å². The van der Waals surface area contributed by atoms with E-state index in [4.69, 9.17) is 11.6 Å². The Morgan fingerprint density at radius 3 is 2.89 bits per heavy atom. The van der Waals surface area contributed by atoms with Crippen LogP contribution in [0.4, 0.5) is 10.1 Å². The van der Waals surface area contributed by atoms with Crippen LogP contribution in [0.25, 0.3) is 0 Å². The zero-order valence-electron chi connectivity index (χ0n) is 10.1. The molecule has 0 saturated heterocycles. The van der Waals surface area contributed by atoms with Crippen LogP contribution in [0.2, 0.25) is 5.02 Å². The number of fused-ring (bicyclic) bond motifs is 1. The maximum absolute atomic E-state index is 13.3. The second-order valence-electron chi connectivity index (χ2n) is 4.71. The lowest BCUT2D eigenvalue weighted by atomic mass is 9.93. The van der Waals surface area contributed by atoms with Crippen LogP contribution in [0.5, 0.6) is 0 Å². The summed E-state index contributed by atoms with van der Waals surface area (Å²) in [6.45, 7) is 0. The first-order chi connectivity index (χ1) is 9.13. The van der Waals surface area contributed by atoms with Gasteiger partial charge in [-0.1, -0.05) is 23.7 Å². The third kappa shape index (κ3) is 2.63. The number of anilines is 1. The first-order valence-electron chi connectivity index (χ1n) is 6.13. The molecule has 2 aromatic carbocycles. The quantitative estimate of drug-likeness (QED) is 0.739. The standard InChI is InChI=1S/C15H12BrClFN/c16-12-8-15-10(7-13(12)17)4-5-14(19-15)9-2-1-3-11(18)6-9/h1-3,6-8,14,19H,4-5H2. The van der Waals surface area contributed by atoms with Gasteiger partial charge >= 0.3 is 0 Å². The molecular weight excluding hydrogens is 329 g/mol. The fraction of sp³-hybridized carbons (Fsp3) is 0.200. The van der Waals surface area contributed by atoms with Crippen molar-refractivity contribution in [3.63, 3.8) is 0 Å². The summed E-state index contributed by atoms with van der Waals surface area (Å²) in [5.41, 5.74) is 3.26. The van der Waals surface area contributed by atoms with Gasteiger partial charge in [-0.3, -0.25) is 0 Å². The van der Waals surface area contributed by atoms with E-state index in [0.29, 0.717) is 0 Å². The van der Waals surface area contributed by atoms with Gasteiger partial charge in [-0.05, 0) is 64.2 Å². The van der Waals surface area contributed by atoms with Crippen LogP contribution in [0, 0.1) is 5.82 Å². The highest BCUT2D eigenvalue weighted by Gasteiger charge is 2.20. The van der Waals surface area contributed by atoms with Gasteiger partial charge in [0.05, 0.1) is 11.1 Å². The molecule has 1 heterocycles. The molecule has 0 amide bonds. The lowest BCUT2D eigenvalue weighted by Crippen LogP contribution is -2.18. The number of rotatable bonds is 1. The predicted molar refractivity (Wildman–Crippen MR) is 80.2 cm³/mol. The van der Waals surface area contributed by atoms with Gasteiger partial charge in [0.25, 0.3) is 0 Å². The third-order valence-electron chi connectivity index (χ3n) is 3.43. The van der Waals surface area contributed by atoms with Gasteiger partial charge in [0.2, 0.25) is 0 Å². The smallest absolute Gasteiger partial charge is 0.123 e. The van der Waals surface area contributed by atoms with E-state index < -0.39 is 0 Å². The lowest BCUT2D eigenvalue weighted by Gasteiger charge is -2.28. The molecule has 19 heavy (non-hydrogen) atoms. The molecule has 1 aliphatic rings. The van der Waals surface area contributed by atoms with E-state index in [2.05, 4.69) is 21.2 Å². The van der Waals surface area contributed by atoms with Crippen LogP contribution in [0.3, 0.4) is 0 Å². The molecule has 0 bridgehead atoms. The minimum atomic E-state index is -0.192. The van der Waals surface area contributed by atoms with Crippen LogP contribution in [0.15, 0.2) is 40.9 Å². The molecule has 0 fully saturated rings. The Morgan fingerprint density at radius 1 is 1.26 bits per heavy atom. The van der Waals surface area contributed by atoms with Crippen molar-refractivity contribution in [3.8, 4) is 0 Å². The van der Waals surface area contributed by atoms with Crippen molar-refractivity contribution in [1.29, 1.82) is 0 Å². The van der Waals surface area contributed by atoms with Crippen LogP contribution in [-0.4, -0.2) is 0 Å². The number of nitrogens with one attached hydrogen (secondary N) is 1. The molecule has 1 unspecified atom stereocenters. The number of aryl methyl sites for hydroxylation is 1. The van der Waals surface area contributed by atoms with Gasteiger partial charge < -0.3 is 5.32 Å². The maximum atomic E-state index is 13.3. The van der Waals surface area contributed by atoms with Crippen LogP contribution >= 0.6 is 27.5 Å². The molecule has 3 rings (SSSR count). The Bertz CT molecular complexity index is 630. The summed E-state index contributed by atoms with van der Waals surface area (Å²) < 4.78 is 14.2. The summed E-state index contributed by atoms with van der Waals surface area (Å²) in [6, 6.07) is 10.9. The molecule has 98 valence electrons. The summed E-state index contributed by atoms with van der Waals surface area (Å²) >= 11 is 9.53. The number of hydrogen-bond acceptors (Lipinski definition) is 1. The van der Waals surface area contributed by atoms with Crippen molar-refractivity contribution in [2.45, 2.75) is 18.9 Å². The van der Waals surface area contributed by atoms with E-state index in [1.807, 2.05) is 18.2 Å². The molecule has 0 aromatic heterocycles. The summed E-state index contributed by atoms with van der Waals surface area (Å²) in [5, 5.41) is 4.18. The second-order valence-corrected chi connectivity index (χ2v) is 5.98. The molecule has 0 saturated carbocycles. The van der Waals surface area contributed by atoms with Crippen molar-refractivity contribution >= 4 is 33.2 Å². The summed E-state index contributed by atoms with van der Waals surface area (Å²) in [5.74, 6) is -0.192. The fourth-order valence-electron chi connectivity index (χ4n) is 2.46. The van der Waals surface area contributed by atoms with Crippen molar-refractivity contribution in [2.75, 3.05) is 5.32 Å². The van der Waals surface area contributed by atoms with Gasteiger partial charge in [-0.2, -0.15) is 0 Å². The number of benzene rings is 2. The number of halogens is 3. The molecule has 0 radical (unpaired) electrons. The second kappa shape index (κ2) is 5.14. The molecule has 1 N–H and O–H groups in total. The van der Waals surface area contributed by atoms with E-state index in [0.717, 1.165) is 33.6 Å². The Hall–Kier alpha value is -1.06. The topological polar surface area (TPSA) is 12.0 Å². The highest BCUT2D eigenvalue weighted by Crippen LogP contribution is 2.37. The highest BCUT2D eigenvalue weighted by molar-refractivity contribution is 9.10. The lowest BCUT2D eigenvalue weighted by molar-refractivity contribution is 0.614. The van der Waals surface area contributed by atoms with Gasteiger partial charge in [0.15, 0.2) is 0 Å². The Morgan fingerprint density at radius 2 is 2.11 bits per heavy atom. The Labute approximate surface area is 124 Å². The Kier molecular flexibility index (Phi) is 3.50. The molecular formula is C15H12BrClFN. The SMILES string of the molecule is Fc1cccc(C2CCc3cc(Cl)c(Br)cc3N2)c1. The summed E-state index contributed by atoms with van der Waals surface area (Å²) in [6.07, 6.45) is 1.88. The van der Waals surface area contributed by atoms with Gasteiger partial charge in [-0.15, -0.1) is 0 Å². The van der Waals surface area contributed by atoms with Crippen molar-refractivity contribution in [3.05, 3.63) is 62.8 Å². The monoisotopic (exact) mass is 339 g/mol. The molecule has 0 aliphatic carbocycles. The van der Waals surface area contributed by atoms with E-state index >= 15 is 0 Å². The normalized spacial score (nSPS) is 17.7. The minimum Gasteiger partial charge on any atom is -0.378 e. The van der Waals surface area contributed by atoms with E-state index in [1.165, 1.54) is 11.6 Å². The van der Waals surface area contributed by atoms with Crippen molar-refractivity contribution < 1.29 is 4.39 Å². The van der Waals surface area contributed by atoms with Gasteiger partial charge in [0, 0.05) is 10.2 Å². The summed E-state index contributed by atoms with van der Waals surface area (Å²) in [7, 11) is 0. The molecule has 1 nitrogen and oxygen atoms in total. The minimum absolute atomic E-state index is 0.149. The molecule has 2 aromatic rings. The molecule has 1 atom stereocenters. The molecule has 1 aliphatic heterocycles. The van der Waals surface area contributed by atoms with Crippen LogP contribution < -0.4 is 5.32 Å². The summed E-state index contributed by atoms with van der Waals surface area (Å²) in [4.78, 5) is 0. The predicted octanol–water partition coefficient (Wildman–Crippen LogP) is 5.34. The van der Waals surface area contributed by atoms with Crippen LogP contribution in [-0.2, 0) is 6.42 Å². The van der Waals surface area contributed by atoms with E-state index in [1.54, 1.807) is 12.1 Å². The van der Waals surface area contributed by atoms with E-state index in [9.17, 15) is 4.39 Å². The third-order valence-corrected chi connectivity index (χ3v) is 4.63.